The van der Waals surface area contributed by atoms with E-state index >= 15 is 0 Å². The number of aliphatic hydroxyl groups is 2. The Morgan fingerprint density at radius 2 is 0.600 bits per heavy atom. The van der Waals surface area contributed by atoms with E-state index in [1.54, 1.807) is 11.1 Å². The second-order valence-electron chi connectivity index (χ2n) is 11.9. The van der Waals surface area contributed by atoms with Crippen molar-refractivity contribution in [2.24, 2.45) is 0 Å². The van der Waals surface area contributed by atoms with Gasteiger partial charge in [-0.1, -0.05) is 177 Å². The number of benzene rings is 2. The molecule has 0 saturated carbocycles. The zero-order valence-electron chi connectivity index (χ0n) is 33.9. The molecule has 0 aromatic heterocycles. The molecule has 292 valence electrons. The molecule has 0 aliphatic rings. The van der Waals surface area contributed by atoms with Crippen LogP contribution in [0.3, 0.4) is 0 Å². The van der Waals surface area contributed by atoms with Gasteiger partial charge in [-0.15, -0.1) is 0 Å². The van der Waals surface area contributed by atoms with Gasteiger partial charge < -0.3 is 29.4 Å². The lowest BCUT2D eigenvalue weighted by Gasteiger charge is -2.17. The molecule has 0 aliphatic carbocycles. The van der Waals surface area contributed by atoms with Crippen LogP contribution in [0.5, 0.6) is 0 Å². The molecule has 6 nitrogen and oxygen atoms in total. The van der Waals surface area contributed by atoms with E-state index in [0.717, 1.165) is 26.1 Å². The highest BCUT2D eigenvalue weighted by Gasteiger charge is 2.12. The molecule has 2 rings (SSSR count). The third-order valence-electron chi connectivity index (χ3n) is 8.22. The molecule has 0 amide bonds. The van der Waals surface area contributed by atoms with E-state index in [-0.39, 0.29) is 0 Å². The van der Waals surface area contributed by atoms with Crippen molar-refractivity contribution in [3.05, 3.63) is 70.8 Å². The molecule has 6 heteroatoms. The van der Waals surface area contributed by atoms with Crippen LogP contribution in [-0.4, -0.2) is 51.6 Å². The quantitative estimate of drug-likeness (QED) is 0.133. The molecule has 0 saturated heterocycles. The largest absolute Gasteiger partial charge is 0.400 e. The number of carbonyl (C=O) groups is 4. The standard InChI is InChI=1S/2C19H32.2CH4O.4CH2O/c1-4-6-8-9-10-12-18(11-7-5-2)19-15-13-17(3)14-16-19;1-4-6-8-10-12-18(11-9-7-5-2)19-15-13-17(3)14-16-19;6*1-2/h2*13-16,18H,4-12H2,1-3H3;2*2H,1H3;4*1H2. The van der Waals surface area contributed by atoms with Gasteiger partial charge in [0.15, 0.2) is 0 Å². The van der Waals surface area contributed by atoms with Crippen molar-refractivity contribution >= 4 is 27.2 Å². The molecule has 50 heavy (non-hydrogen) atoms. The van der Waals surface area contributed by atoms with E-state index in [4.69, 9.17) is 29.4 Å². The second-order valence-corrected chi connectivity index (χ2v) is 11.9. The van der Waals surface area contributed by atoms with Crippen LogP contribution in [0, 0.1) is 13.8 Å². The van der Waals surface area contributed by atoms with Crippen molar-refractivity contribution in [1.82, 2.24) is 0 Å². The van der Waals surface area contributed by atoms with Gasteiger partial charge in [-0.3, -0.25) is 0 Å². The number of rotatable bonds is 20. The van der Waals surface area contributed by atoms with Crippen LogP contribution in [0.2, 0.25) is 0 Å². The summed E-state index contributed by atoms with van der Waals surface area (Å²) in [6.07, 6.45) is 24.8. The fourth-order valence-electron chi connectivity index (χ4n) is 5.54. The number of hydrogen-bond donors (Lipinski definition) is 2. The molecule has 0 fully saturated rings. The highest BCUT2D eigenvalue weighted by atomic mass is 16.2. The minimum absolute atomic E-state index is 0.794. The molecule has 0 aliphatic heterocycles. The average molecular weight is 705 g/mol. The van der Waals surface area contributed by atoms with E-state index < -0.39 is 0 Å². The van der Waals surface area contributed by atoms with Crippen LogP contribution in [0.15, 0.2) is 48.5 Å². The van der Waals surface area contributed by atoms with E-state index in [9.17, 15) is 0 Å². The smallest absolute Gasteiger partial charge is 0.106 e. The number of hydrogen-bond acceptors (Lipinski definition) is 6. The van der Waals surface area contributed by atoms with E-state index in [2.05, 4.69) is 90.1 Å². The van der Waals surface area contributed by atoms with Crippen LogP contribution < -0.4 is 0 Å². The third kappa shape index (κ3) is 39.5. The van der Waals surface area contributed by atoms with Crippen molar-refractivity contribution in [2.45, 2.75) is 169 Å². The first kappa shape index (κ1) is 59.2. The van der Waals surface area contributed by atoms with Gasteiger partial charge in [0.25, 0.3) is 0 Å². The Bertz CT molecular complexity index is 833. The number of unbranched alkanes of at least 4 members (excludes halogenated alkanes) is 10. The van der Waals surface area contributed by atoms with Crippen molar-refractivity contribution in [2.75, 3.05) is 14.2 Å². The van der Waals surface area contributed by atoms with Crippen molar-refractivity contribution < 1.29 is 29.4 Å². The summed E-state index contributed by atoms with van der Waals surface area (Å²) in [7, 11) is 2.00. The Morgan fingerprint density at radius 3 is 0.900 bits per heavy atom. The molecule has 0 spiro atoms. The van der Waals surface area contributed by atoms with Crippen LogP contribution in [0.1, 0.15) is 177 Å². The molecule has 2 aromatic rings. The van der Waals surface area contributed by atoms with E-state index in [1.165, 1.54) is 127 Å². The third-order valence-corrected chi connectivity index (χ3v) is 8.22. The maximum atomic E-state index is 8.00. The highest BCUT2D eigenvalue weighted by molar-refractivity contribution is 5.25. The van der Waals surface area contributed by atoms with Gasteiger partial charge in [0.1, 0.15) is 27.2 Å². The molecule has 0 radical (unpaired) electrons. The molecular formula is C44H80O6. The summed E-state index contributed by atoms with van der Waals surface area (Å²) in [6.45, 7) is 21.5. The Kier molecular flexibility index (Phi) is 65.7. The summed E-state index contributed by atoms with van der Waals surface area (Å²) >= 11 is 0. The molecule has 2 N–H and O–H groups in total. The second kappa shape index (κ2) is 55.5. The molecule has 0 heterocycles. The van der Waals surface area contributed by atoms with E-state index in [1.807, 2.05) is 27.2 Å². The molecule has 2 aromatic carbocycles. The lowest BCUT2D eigenvalue weighted by molar-refractivity contribution is -0.0987. The van der Waals surface area contributed by atoms with Crippen molar-refractivity contribution in [1.29, 1.82) is 0 Å². The summed E-state index contributed by atoms with van der Waals surface area (Å²) in [5, 5.41) is 14.0. The maximum Gasteiger partial charge on any atom is 0.106 e. The lowest BCUT2D eigenvalue weighted by atomic mass is 9.88. The Morgan fingerprint density at radius 1 is 0.380 bits per heavy atom. The summed E-state index contributed by atoms with van der Waals surface area (Å²) in [5.74, 6) is 1.59. The Balaban J connectivity index is -0.000000149. The summed E-state index contributed by atoms with van der Waals surface area (Å²) < 4.78 is 0. The first-order valence-corrected chi connectivity index (χ1v) is 18.7. The predicted molar refractivity (Wildman–Crippen MR) is 218 cm³/mol. The van der Waals surface area contributed by atoms with Crippen molar-refractivity contribution in [3.63, 3.8) is 0 Å². The minimum Gasteiger partial charge on any atom is -0.400 e. The van der Waals surface area contributed by atoms with Crippen LogP contribution >= 0.6 is 0 Å². The molecule has 2 atom stereocenters. The first-order valence-electron chi connectivity index (χ1n) is 18.7. The Labute approximate surface area is 309 Å². The van der Waals surface area contributed by atoms with Gasteiger partial charge in [-0.2, -0.15) is 0 Å². The Hall–Kier alpha value is -2.96. The number of aryl methyl sites for hydroxylation is 2. The molecular weight excluding hydrogens is 624 g/mol. The van der Waals surface area contributed by atoms with Gasteiger partial charge in [-0.05, 0) is 62.5 Å². The highest BCUT2D eigenvalue weighted by Crippen LogP contribution is 2.29. The summed E-state index contributed by atoms with van der Waals surface area (Å²) in [6, 6.07) is 18.5. The van der Waals surface area contributed by atoms with Gasteiger partial charge in [0.2, 0.25) is 0 Å². The topological polar surface area (TPSA) is 109 Å². The summed E-state index contributed by atoms with van der Waals surface area (Å²) in [5.41, 5.74) is 5.88. The minimum atomic E-state index is 0.794. The van der Waals surface area contributed by atoms with Crippen LogP contribution in [0.4, 0.5) is 0 Å². The van der Waals surface area contributed by atoms with Gasteiger partial charge >= 0.3 is 0 Å². The number of aliphatic hydroxyl groups excluding tert-OH is 2. The first-order chi connectivity index (χ1) is 24.5. The van der Waals surface area contributed by atoms with Gasteiger partial charge in [-0.25, -0.2) is 0 Å². The average Bonchev–Trinajstić information content (AvgIpc) is 3.19. The van der Waals surface area contributed by atoms with E-state index in [0.29, 0.717) is 0 Å². The van der Waals surface area contributed by atoms with Crippen molar-refractivity contribution in [3.8, 4) is 0 Å². The summed E-state index contributed by atoms with van der Waals surface area (Å²) in [4.78, 5) is 32.0. The monoisotopic (exact) mass is 705 g/mol. The number of carbonyl (C=O) groups excluding carboxylic acids is 4. The SMILES string of the molecule is C=O.C=O.C=O.C=O.CCCCCCC(CCCCC)c1ccc(C)cc1.CCCCCCCC(CCCC)c1ccc(C)cc1.CO.CO. The molecule has 0 bridgehead atoms. The lowest BCUT2D eigenvalue weighted by Crippen LogP contribution is -2.00. The molecule has 2 unspecified atom stereocenters. The zero-order valence-corrected chi connectivity index (χ0v) is 33.9. The normalized spacial score (nSPS) is 10.1. The fraction of sp³-hybridized carbons (Fsp3) is 0.636. The predicted octanol–water partition coefficient (Wildman–Crippen LogP) is 11.7. The fourth-order valence-corrected chi connectivity index (χ4v) is 5.54. The van der Waals surface area contributed by atoms with Gasteiger partial charge in [0.05, 0.1) is 0 Å². The van der Waals surface area contributed by atoms with Gasteiger partial charge in [0, 0.05) is 14.2 Å². The van der Waals surface area contributed by atoms with Crippen LogP contribution in [-0.2, 0) is 19.2 Å². The van der Waals surface area contributed by atoms with Crippen LogP contribution in [0.25, 0.3) is 0 Å². The maximum absolute atomic E-state index is 8.00. The zero-order chi connectivity index (χ0) is 39.8.